The first-order chi connectivity index (χ1) is 13.9. The second kappa shape index (κ2) is 8.14. The number of methoxy groups -OCH3 is 3. The van der Waals surface area contributed by atoms with Crippen LogP contribution in [0, 0.1) is 0 Å². The number of aliphatic carboxylic acids is 1. The summed E-state index contributed by atoms with van der Waals surface area (Å²) < 4.78 is 21.6. The van der Waals surface area contributed by atoms with Crippen LogP contribution in [-0.2, 0) is 14.3 Å². The summed E-state index contributed by atoms with van der Waals surface area (Å²) in [4.78, 5) is 23.5. The molecule has 0 spiro atoms. The normalized spacial score (nSPS) is 17.5. The van der Waals surface area contributed by atoms with E-state index in [1.807, 2.05) is 0 Å². The van der Waals surface area contributed by atoms with Crippen molar-refractivity contribution in [2.75, 3.05) is 21.3 Å². The Morgan fingerprint density at radius 2 is 1.79 bits per heavy atom. The van der Waals surface area contributed by atoms with E-state index in [4.69, 9.17) is 24.1 Å². The lowest BCUT2D eigenvalue weighted by Gasteiger charge is -2.18. The van der Waals surface area contributed by atoms with Gasteiger partial charge < -0.3 is 29.2 Å². The third-order valence-electron chi connectivity index (χ3n) is 4.61. The zero-order chi connectivity index (χ0) is 21.1. The number of phenolic OH excluding ortho intramolecular Hbond substituents is 1. The summed E-state index contributed by atoms with van der Waals surface area (Å²) in [5.41, 5.74) is 1.64. The molecule has 8 nitrogen and oxygen atoms in total. The highest BCUT2D eigenvalue weighted by atomic mass is 16.5. The van der Waals surface area contributed by atoms with Gasteiger partial charge in [0, 0.05) is 11.6 Å². The molecule has 0 unspecified atom stereocenters. The lowest BCUT2D eigenvalue weighted by molar-refractivity contribution is -0.144. The monoisotopic (exact) mass is 400 g/mol. The van der Waals surface area contributed by atoms with Gasteiger partial charge in [0.15, 0.2) is 23.0 Å². The summed E-state index contributed by atoms with van der Waals surface area (Å²) in [5.74, 6) is -1.53. The quantitative estimate of drug-likeness (QED) is 0.562. The van der Waals surface area contributed by atoms with Crippen molar-refractivity contribution in [3.8, 4) is 23.0 Å². The van der Waals surface area contributed by atoms with Crippen molar-refractivity contribution < 1.29 is 38.7 Å². The number of aromatic hydroxyl groups is 1. The van der Waals surface area contributed by atoms with E-state index >= 15 is 0 Å². The van der Waals surface area contributed by atoms with Gasteiger partial charge in [-0.25, -0.2) is 4.79 Å². The van der Waals surface area contributed by atoms with Crippen molar-refractivity contribution in [2.24, 2.45) is 0 Å². The Morgan fingerprint density at radius 1 is 1.07 bits per heavy atom. The maximum Gasteiger partial charge on any atom is 0.328 e. The third kappa shape index (κ3) is 3.82. The van der Waals surface area contributed by atoms with Gasteiger partial charge in [-0.2, -0.15) is 0 Å². The van der Waals surface area contributed by atoms with Crippen LogP contribution in [-0.4, -0.2) is 43.5 Å². The number of esters is 1. The number of carboxylic acid groups (broad SMARTS) is 1. The highest BCUT2D eigenvalue weighted by Gasteiger charge is 2.43. The van der Waals surface area contributed by atoms with Crippen molar-refractivity contribution in [2.45, 2.75) is 12.0 Å². The molecule has 0 aromatic heterocycles. The summed E-state index contributed by atoms with van der Waals surface area (Å²) in [6.45, 7) is 0. The summed E-state index contributed by atoms with van der Waals surface area (Å²) in [7, 11) is 4.15. The van der Waals surface area contributed by atoms with Gasteiger partial charge in [0.25, 0.3) is 0 Å². The molecule has 0 bridgehead atoms. The molecule has 0 amide bonds. The Labute approximate surface area is 166 Å². The fourth-order valence-electron chi connectivity index (χ4n) is 3.29. The van der Waals surface area contributed by atoms with E-state index in [0.29, 0.717) is 28.2 Å². The zero-order valence-corrected chi connectivity index (χ0v) is 16.0. The molecule has 0 fully saturated rings. The van der Waals surface area contributed by atoms with E-state index in [2.05, 4.69) is 0 Å². The van der Waals surface area contributed by atoms with Crippen molar-refractivity contribution in [1.29, 1.82) is 0 Å². The summed E-state index contributed by atoms with van der Waals surface area (Å²) in [6, 6.07) is 7.94. The Balaban J connectivity index is 2.13. The maximum absolute atomic E-state index is 12.6. The molecule has 8 heteroatoms. The predicted molar refractivity (Wildman–Crippen MR) is 102 cm³/mol. The lowest BCUT2D eigenvalue weighted by atomic mass is 9.90. The largest absolute Gasteiger partial charge is 0.504 e. The number of carboxylic acids is 1. The Bertz CT molecular complexity index is 979. The molecule has 2 aromatic carbocycles. The fraction of sp³-hybridized carbons (Fsp3) is 0.238. The number of fused-ring (bicyclic) bond motifs is 1. The smallest absolute Gasteiger partial charge is 0.328 e. The van der Waals surface area contributed by atoms with Gasteiger partial charge in [-0.3, -0.25) is 4.79 Å². The SMILES string of the molecule is COC(=O)[C@@H]1c2cc(/C=C/C(=O)O)cc(OC)c2O[C@H]1c1ccc(O)c(OC)c1. The molecule has 29 heavy (non-hydrogen) atoms. The van der Waals surface area contributed by atoms with Crippen LogP contribution in [0.2, 0.25) is 0 Å². The number of phenols is 1. The minimum Gasteiger partial charge on any atom is -0.504 e. The molecule has 2 aromatic rings. The van der Waals surface area contributed by atoms with E-state index in [9.17, 15) is 14.7 Å². The van der Waals surface area contributed by atoms with Crippen LogP contribution >= 0.6 is 0 Å². The van der Waals surface area contributed by atoms with Crippen LogP contribution in [0.3, 0.4) is 0 Å². The molecule has 1 aliphatic rings. The molecule has 1 aliphatic heterocycles. The van der Waals surface area contributed by atoms with E-state index in [1.165, 1.54) is 33.5 Å². The van der Waals surface area contributed by atoms with Gasteiger partial charge in [0.2, 0.25) is 0 Å². The van der Waals surface area contributed by atoms with Gasteiger partial charge in [0.05, 0.1) is 21.3 Å². The van der Waals surface area contributed by atoms with Crippen LogP contribution in [0.5, 0.6) is 23.0 Å². The predicted octanol–water partition coefficient (Wildman–Crippen LogP) is 2.90. The summed E-state index contributed by atoms with van der Waals surface area (Å²) >= 11 is 0. The first kappa shape index (κ1) is 20.1. The number of ether oxygens (including phenoxy) is 4. The van der Waals surface area contributed by atoms with Gasteiger partial charge in [0.1, 0.15) is 12.0 Å². The van der Waals surface area contributed by atoms with Crippen LogP contribution in [0.15, 0.2) is 36.4 Å². The van der Waals surface area contributed by atoms with Gasteiger partial charge >= 0.3 is 11.9 Å². The summed E-state index contributed by atoms with van der Waals surface area (Å²) in [5, 5.41) is 18.7. The molecular weight excluding hydrogens is 380 g/mol. The molecule has 0 saturated carbocycles. The van der Waals surface area contributed by atoms with Crippen LogP contribution in [0.25, 0.3) is 6.08 Å². The number of rotatable bonds is 6. The number of hydrogen-bond donors (Lipinski definition) is 2. The van der Waals surface area contributed by atoms with E-state index in [0.717, 1.165) is 6.08 Å². The van der Waals surface area contributed by atoms with Crippen molar-refractivity contribution >= 4 is 18.0 Å². The molecule has 2 N–H and O–H groups in total. The van der Waals surface area contributed by atoms with Crippen LogP contribution in [0.4, 0.5) is 0 Å². The highest BCUT2D eigenvalue weighted by Crippen LogP contribution is 2.52. The Kier molecular flexibility index (Phi) is 5.63. The fourth-order valence-corrected chi connectivity index (χ4v) is 3.29. The van der Waals surface area contributed by atoms with Gasteiger partial charge in [-0.1, -0.05) is 6.07 Å². The van der Waals surface area contributed by atoms with Crippen LogP contribution < -0.4 is 14.2 Å². The van der Waals surface area contributed by atoms with Crippen molar-refractivity contribution in [3.63, 3.8) is 0 Å². The average molecular weight is 400 g/mol. The molecule has 3 rings (SSSR count). The standard InChI is InChI=1S/C21H20O8/c1-26-15-10-12(5-6-14(15)22)19-18(21(25)28-3)13-8-11(4-7-17(23)24)9-16(27-2)20(13)29-19/h4-10,18-19,22H,1-3H3,(H,23,24)/b7-4+/t18-,19+/m1/s1. The third-order valence-corrected chi connectivity index (χ3v) is 4.61. The van der Waals surface area contributed by atoms with Crippen molar-refractivity contribution in [3.05, 3.63) is 53.1 Å². The zero-order valence-electron chi connectivity index (χ0n) is 16.0. The first-order valence-corrected chi connectivity index (χ1v) is 8.64. The molecule has 0 saturated heterocycles. The lowest BCUT2D eigenvalue weighted by Crippen LogP contribution is -2.20. The topological polar surface area (TPSA) is 112 Å². The molecule has 2 atom stereocenters. The van der Waals surface area contributed by atoms with E-state index < -0.39 is 24.0 Å². The molecular formula is C21H20O8. The second-order valence-electron chi connectivity index (χ2n) is 6.28. The second-order valence-corrected chi connectivity index (χ2v) is 6.28. The Morgan fingerprint density at radius 3 is 2.41 bits per heavy atom. The Hall–Kier alpha value is -3.68. The number of hydrogen-bond acceptors (Lipinski definition) is 7. The molecule has 0 aliphatic carbocycles. The van der Waals surface area contributed by atoms with Gasteiger partial charge in [-0.05, 0) is 41.5 Å². The minimum atomic E-state index is -1.10. The van der Waals surface area contributed by atoms with Gasteiger partial charge in [-0.15, -0.1) is 0 Å². The number of carbonyl (C=O) groups is 2. The number of benzene rings is 2. The summed E-state index contributed by atoms with van der Waals surface area (Å²) in [6.07, 6.45) is 1.64. The van der Waals surface area contributed by atoms with E-state index in [-0.39, 0.29) is 11.5 Å². The first-order valence-electron chi connectivity index (χ1n) is 8.64. The maximum atomic E-state index is 12.6. The molecule has 152 valence electrons. The molecule has 0 radical (unpaired) electrons. The van der Waals surface area contributed by atoms with E-state index in [1.54, 1.807) is 24.3 Å². The van der Waals surface area contributed by atoms with Crippen LogP contribution in [0.1, 0.15) is 28.7 Å². The average Bonchev–Trinajstić information content (AvgIpc) is 3.10. The highest BCUT2D eigenvalue weighted by molar-refractivity contribution is 5.87. The minimum absolute atomic E-state index is 0.0416. The van der Waals surface area contributed by atoms with Crippen molar-refractivity contribution in [1.82, 2.24) is 0 Å². The number of carbonyl (C=O) groups excluding carboxylic acids is 1. The molecule has 1 heterocycles.